The number of benzene rings is 3. The fourth-order valence-corrected chi connectivity index (χ4v) is 2.98. The number of carbonyl (C=O) groups is 1. The topological polar surface area (TPSA) is 70.9 Å². The Morgan fingerprint density at radius 1 is 0.897 bits per heavy atom. The van der Waals surface area contributed by atoms with Gasteiger partial charge in [-0.3, -0.25) is 4.79 Å². The Balaban J connectivity index is 1.62. The molecule has 0 unspecified atom stereocenters. The third-order valence-corrected chi connectivity index (χ3v) is 4.54. The van der Waals surface area contributed by atoms with E-state index < -0.39 is 5.97 Å². The standard InChI is InChI=1S/C24H24N2O3/c1-29-26-24(20-5-3-2-4-6-20)21-12-7-19(8-13-21)17-25-22-14-9-18(10-15-22)11-16-23(27)28/h2-10,12-15,25H,11,16-17H2,1H3,(H,27,28)/b26-24+. The summed E-state index contributed by atoms with van der Waals surface area (Å²) in [5, 5.41) is 16.3. The number of carboxylic acid groups (broad SMARTS) is 1. The maximum atomic E-state index is 10.7. The third kappa shape index (κ3) is 5.94. The van der Waals surface area contributed by atoms with E-state index in [2.05, 4.69) is 22.6 Å². The zero-order chi connectivity index (χ0) is 20.5. The van der Waals surface area contributed by atoms with Gasteiger partial charge in [-0.05, 0) is 29.7 Å². The highest BCUT2D eigenvalue weighted by atomic mass is 16.6. The molecule has 2 N–H and O–H groups in total. The average Bonchev–Trinajstić information content (AvgIpc) is 2.76. The van der Waals surface area contributed by atoms with Crippen molar-refractivity contribution in [1.29, 1.82) is 0 Å². The van der Waals surface area contributed by atoms with E-state index in [-0.39, 0.29) is 6.42 Å². The maximum absolute atomic E-state index is 10.7. The molecule has 29 heavy (non-hydrogen) atoms. The summed E-state index contributed by atoms with van der Waals surface area (Å²) in [5.74, 6) is -0.776. The maximum Gasteiger partial charge on any atom is 0.303 e. The van der Waals surface area contributed by atoms with Gasteiger partial charge in [-0.25, -0.2) is 0 Å². The molecule has 3 aromatic carbocycles. The minimum Gasteiger partial charge on any atom is -0.481 e. The Labute approximate surface area is 170 Å². The molecular weight excluding hydrogens is 364 g/mol. The quantitative estimate of drug-likeness (QED) is 0.411. The van der Waals surface area contributed by atoms with Crippen molar-refractivity contribution in [2.24, 2.45) is 5.16 Å². The second-order valence-corrected chi connectivity index (χ2v) is 6.63. The van der Waals surface area contributed by atoms with Crippen LogP contribution in [0.3, 0.4) is 0 Å². The van der Waals surface area contributed by atoms with E-state index in [0.717, 1.165) is 33.7 Å². The molecule has 0 aromatic heterocycles. The molecular formula is C24H24N2O3. The second kappa shape index (κ2) is 10.1. The molecule has 0 amide bonds. The number of aliphatic carboxylic acids is 1. The summed E-state index contributed by atoms with van der Waals surface area (Å²) in [6.07, 6.45) is 0.695. The van der Waals surface area contributed by atoms with Crippen molar-refractivity contribution in [3.05, 3.63) is 101 Å². The molecule has 148 valence electrons. The first-order valence-electron chi connectivity index (χ1n) is 9.46. The molecule has 0 saturated carbocycles. The SMILES string of the molecule is CO/N=C(\c1ccccc1)c1ccc(CNc2ccc(CCC(=O)O)cc2)cc1. The number of anilines is 1. The first-order chi connectivity index (χ1) is 14.2. The van der Waals surface area contributed by atoms with Crippen LogP contribution in [0, 0.1) is 0 Å². The first-order valence-corrected chi connectivity index (χ1v) is 9.46. The van der Waals surface area contributed by atoms with Gasteiger partial charge in [-0.1, -0.05) is 71.9 Å². The van der Waals surface area contributed by atoms with E-state index >= 15 is 0 Å². The van der Waals surface area contributed by atoms with E-state index in [4.69, 9.17) is 9.94 Å². The number of hydrogen-bond donors (Lipinski definition) is 2. The van der Waals surface area contributed by atoms with Gasteiger partial charge in [-0.15, -0.1) is 0 Å². The van der Waals surface area contributed by atoms with Crippen molar-refractivity contribution in [1.82, 2.24) is 0 Å². The molecule has 3 aromatic rings. The Morgan fingerprint density at radius 2 is 1.52 bits per heavy atom. The third-order valence-electron chi connectivity index (χ3n) is 4.54. The predicted molar refractivity (Wildman–Crippen MR) is 115 cm³/mol. The average molecular weight is 388 g/mol. The molecule has 0 radical (unpaired) electrons. The number of aryl methyl sites for hydroxylation is 1. The lowest BCUT2D eigenvalue weighted by molar-refractivity contribution is -0.136. The lowest BCUT2D eigenvalue weighted by atomic mass is 10.0. The molecule has 5 heteroatoms. The molecule has 0 spiro atoms. The van der Waals surface area contributed by atoms with Crippen molar-refractivity contribution < 1.29 is 14.7 Å². The number of oxime groups is 1. The highest BCUT2D eigenvalue weighted by Crippen LogP contribution is 2.15. The first kappa shape index (κ1) is 20.1. The van der Waals surface area contributed by atoms with Crippen LogP contribution in [-0.4, -0.2) is 23.9 Å². The lowest BCUT2D eigenvalue weighted by Crippen LogP contribution is -2.05. The zero-order valence-electron chi connectivity index (χ0n) is 16.3. The summed E-state index contributed by atoms with van der Waals surface area (Å²) in [5.41, 5.74) is 5.96. The molecule has 0 heterocycles. The van der Waals surface area contributed by atoms with Crippen LogP contribution in [-0.2, 0) is 22.6 Å². The summed E-state index contributed by atoms with van der Waals surface area (Å²) in [6.45, 7) is 0.691. The van der Waals surface area contributed by atoms with Gasteiger partial charge in [0.1, 0.15) is 12.8 Å². The molecule has 0 aliphatic rings. The summed E-state index contributed by atoms with van der Waals surface area (Å²) in [7, 11) is 1.55. The molecule has 0 atom stereocenters. The Hall–Kier alpha value is -3.60. The number of carboxylic acids is 1. The van der Waals surface area contributed by atoms with Crippen molar-refractivity contribution >= 4 is 17.4 Å². The van der Waals surface area contributed by atoms with Crippen LogP contribution >= 0.6 is 0 Å². The number of hydrogen-bond acceptors (Lipinski definition) is 4. The summed E-state index contributed by atoms with van der Waals surface area (Å²) in [4.78, 5) is 15.7. The van der Waals surface area contributed by atoms with Gasteiger partial charge >= 0.3 is 5.97 Å². The molecule has 0 saturated heterocycles. The highest BCUT2D eigenvalue weighted by Gasteiger charge is 2.08. The van der Waals surface area contributed by atoms with E-state index in [1.54, 1.807) is 7.11 Å². The van der Waals surface area contributed by atoms with Crippen molar-refractivity contribution in [2.45, 2.75) is 19.4 Å². The van der Waals surface area contributed by atoms with Crippen LogP contribution in [0.5, 0.6) is 0 Å². The minimum absolute atomic E-state index is 0.149. The lowest BCUT2D eigenvalue weighted by Gasteiger charge is -2.10. The van der Waals surface area contributed by atoms with Gasteiger partial charge in [-0.2, -0.15) is 0 Å². The van der Waals surface area contributed by atoms with E-state index in [9.17, 15) is 4.79 Å². The number of nitrogens with one attached hydrogen (secondary N) is 1. The Morgan fingerprint density at radius 3 is 2.14 bits per heavy atom. The largest absolute Gasteiger partial charge is 0.481 e. The fraction of sp³-hybridized carbons (Fsp3) is 0.167. The zero-order valence-corrected chi connectivity index (χ0v) is 16.3. The van der Waals surface area contributed by atoms with Gasteiger partial charge in [0.25, 0.3) is 0 Å². The molecule has 0 bridgehead atoms. The number of nitrogens with zero attached hydrogens (tertiary/aromatic N) is 1. The van der Waals surface area contributed by atoms with Gasteiger partial charge in [0.15, 0.2) is 0 Å². The molecule has 0 fully saturated rings. The monoisotopic (exact) mass is 388 g/mol. The molecule has 5 nitrogen and oxygen atoms in total. The van der Waals surface area contributed by atoms with E-state index in [1.165, 1.54) is 0 Å². The highest BCUT2D eigenvalue weighted by molar-refractivity contribution is 6.12. The summed E-state index contributed by atoms with van der Waals surface area (Å²) in [6, 6.07) is 26.0. The summed E-state index contributed by atoms with van der Waals surface area (Å²) < 4.78 is 0. The van der Waals surface area contributed by atoms with Gasteiger partial charge in [0.2, 0.25) is 0 Å². The van der Waals surface area contributed by atoms with Crippen LogP contribution in [0.15, 0.2) is 84.0 Å². The van der Waals surface area contributed by atoms with Crippen molar-refractivity contribution in [2.75, 3.05) is 12.4 Å². The van der Waals surface area contributed by atoms with Crippen LogP contribution in [0.25, 0.3) is 0 Å². The van der Waals surface area contributed by atoms with Crippen LogP contribution in [0.1, 0.15) is 28.7 Å². The fourth-order valence-electron chi connectivity index (χ4n) is 2.98. The van der Waals surface area contributed by atoms with E-state index in [0.29, 0.717) is 13.0 Å². The van der Waals surface area contributed by atoms with Crippen molar-refractivity contribution in [3.8, 4) is 0 Å². The summed E-state index contributed by atoms with van der Waals surface area (Å²) >= 11 is 0. The van der Waals surface area contributed by atoms with Gasteiger partial charge in [0, 0.05) is 29.8 Å². The molecule has 3 rings (SSSR count). The normalized spacial score (nSPS) is 11.1. The van der Waals surface area contributed by atoms with Crippen molar-refractivity contribution in [3.63, 3.8) is 0 Å². The Kier molecular flexibility index (Phi) is 7.00. The van der Waals surface area contributed by atoms with Crippen LogP contribution in [0.2, 0.25) is 0 Å². The number of rotatable bonds is 9. The molecule has 0 aliphatic heterocycles. The smallest absolute Gasteiger partial charge is 0.303 e. The second-order valence-electron chi connectivity index (χ2n) is 6.63. The molecule has 0 aliphatic carbocycles. The van der Waals surface area contributed by atoms with Gasteiger partial charge in [0.05, 0.1) is 0 Å². The van der Waals surface area contributed by atoms with E-state index in [1.807, 2.05) is 66.7 Å². The van der Waals surface area contributed by atoms with Gasteiger partial charge < -0.3 is 15.3 Å². The van der Waals surface area contributed by atoms with Crippen LogP contribution < -0.4 is 5.32 Å². The minimum atomic E-state index is -0.776. The Bertz CT molecular complexity index is 950. The predicted octanol–water partition coefficient (Wildman–Crippen LogP) is 4.71. The van der Waals surface area contributed by atoms with Crippen LogP contribution in [0.4, 0.5) is 5.69 Å².